The largest absolute Gasteiger partial charge is 0.373 e. The molecule has 1 rings (SSSR count). The van der Waals surface area contributed by atoms with Crippen LogP contribution in [0.5, 0.6) is 0 Å². The number of rotatable bonds is 6. The van der Waals surface area contributed by atoms with Crippen molar-refractivity contribution in [3.63, 3.8) is 0 Å². The normalized spacial score (nSPS) is 21.0. The summed E-state index contributed by atoms with van der Waals surface area (Å²) in [5, 5.41) is 3.49. The molecule has 0 saturated heterocycles. The van der Waals surface area contributed by atoms with Gasteiger partial charge < -0.3 is 10.1 Å². The van der Waals surface area contributed by atoms with Gasteiger partial charge in [0.2, 0.25) is 0 Å². The molecule has 0 aliphatic heterocycles. The maximum Gasteiger partial charge on any atom is 0.0806 e. The van der Waals surface area contributed by atoms with Crippen molar-refractivity contribution in [3.05, 3.63) is 0 Å². The zero-order valence-corrected chi connectivity index (χ0v) is 11.3. The van der Waals surface area contributed by atoms with Gasteiger partial charge in [-0.3, -0.25) is 0 Å². The van der Waals surface area contributed by atoms with Crippen LogP contribution < -0.4 is 5.32 Å². The van der Waals surface area contributed by atoms with Gasteiger partial charge in [0.1, 0.15) is 0 Å². The molecule has 0 bridgehead atoms. The van der Waals surface area contributed by atoms with Crippen molar-refractivity contribution < 1.29 is 4.74 Å². The summed E-state index contributed by atoms with van der Waals surface area (Å²) < 4.78 is 6.25. The van der Waals surface area contributed by atoms with Gasteiger partial charge in [0.15, 0.2) is 0 Å². The van der Waals surface area contributed by atoms with Crippen LogP contribution in [0.2, 0.25) is 0 Å². The molecule has 1 fully saturated rings. The highest BCUT2D eigenvalue weighted by Gasteiger charge is 2.31. The molecule has 1 N–H and O–H groups in total. The highest BCUT2D eigenvalue weighted by molar-refractivity contribution is 4.85. The molecule has 0 spiro atoms. The fraction of sp³-hybridized carbons (Fsp3) is 1.00. The first-order chi connectivity index (χ1) is 7.68. The first-order valence-electron chi connectivity index (χ1n) is 7.03. The molecule has 16 heavy (non-hydrogen) atoms. The topological polar surface area (TPSA) is 21.3 Å². The van der Waals surface area contributed by atoms with Crippen molar-refractivity contribution in [2.45, 2.75) is 64.9 Å². The Kier molecular flexibility index (Phi) is 6.37. The van der Waals surface area contributed by atoms with E-state index >= 15 is 0 Å². The van der Waals surface area contributed by atoms with Crippen molar-refractivity contribution in [1.29, 1.82) is 0 Å². The Labute approximate surface area is 101 Å². The fourth-order valence-electron chi connectivity index (χ4n) is 2.44. The summed E-state index contributed by atoms with van der Waals surface area (Å²) in [6.45, 7) is 9.64. The Hall–Kier alpha value is -0.0800. The standard InChI is InChI=1S/C14H29NO/c1-4-15-12-14(16-11-13(2)3)9-7-5-6-8-10-14/h13,15H,4-12H2,1-3H3. The predicted octanol–water partition coefficient (Wildman–Crippen LogP) is 3.36. The first kappa shape index (κ1) is 14.0. The molecule has 0 radical (unpaired) electrons. The summed E-state index contributed by atoms with van der Waals surface area (Å²) in [7, 11) is 0. The Bertz CT molecular complexity index is 172. The second-order valence-electron chi connectivity index (χ2n) is 5.58. The van der Waals surface area contributed by atoms with E-state index in [0.29, 0.717) is 5.92 Å². The quantitative estimate of drug-likeness (QED) is 0.703. The summed E-state index contributed by atoms with van der Waals surface area (Å²) in [4.78, 5) is 0. The lowest BCUT2D eigenvalue weighted by atomic mass is 9.93. The maximum absolute atomic E-state index is 6.25. The van der Waals surface area contributed by atoms with Crippen molar-refractivity contribution in [3.8, 4) is 0 Å². The molecular formula is C14H29NO. The molecule has 0 aromatic carbocycles. The molecule has 96 valence electrons. The van der Waals surface area contributed by atoms with Gasteiger partial charge in [0.05, 0.1) is 5.60 Å². The van der Waals surface area contributed by atoms with Crippen LogP contribution in [0.25, 0.3) is 0 Å². The highest BCUT2D eigenvalue weighted by Crippen LogP contribution is 2.30. The third-order valence-corrected chi connectivity index (χ3v) is 3.43. The van der Waals surface area contributed by atoms with Crippen LogP contribution in [0, 0.1) is 5.92 Å². The molecule has 0 unspecified atom stereocenters. The minimum atomic E-state index is 0.136. The van der Waals surface area contributed by atoms with Gasteiger partial charge in [-0.15, -0.1) is 0 Å². The number of nitrogens with one attached hydrogen (secondary N) is 1. The molecule has 1 aliphatic carbocycles. The average molecular weight is 227 g/mol. The van der Waals surface area contributed by atoms with Crippen LogP contribution in [0.1, 0.15) is 59.3 Å². The summed E-state index contributed by atoms with van der Waals surface area (Å²) in [5.74, 6) is 0.641. The average Bonchev–Trinajstić information content (AvgIpc) is 2.50. The summed E-state index contributed by atoms with van der Waals surface area (Å²) in [6.07, 6.45) is 7.93. The van der Waals surface area contributed by atoms with Crippen LogP contribution >= 0.6 is 0 Å². The lowest BCUT2D eigenvalue weighted by molar-refractivity contribution is -0.0652. The molecule has 2 heteroatoms. The van der Waals surface area contributed by atoms with Crippen molar-refractivity contribution in [2.24, 2.45) is 5.92 Å². The number of hydrogen-bond donors (Lipinski definition) is 1. The highest BCUT2D eigenvalue weighted by atomic mass is 16.5. The summed E-state index contributed by atoms with van der Waals surface area (Å²) in [6, 6.07) is 0. The van der Waals surface area contributed by atoms with E-state index in [2.05, 4.69) is 26.1 Å². The van der Waals surface area contributed by atoms with E-state index in [1.165, 1.54) is 38.5 Å². The van der Waals surface area contributed by atoms with Gasteiger partial charge in [0.25, 0.3) is 0 Å². The number of hydrogen-bond acceptors (Lipinski definition) is 2. The van der Waals surface area contributed by atoms with E-state index in [9.17, 15) is 0 Å². The van der Waals surface area contributed by atoms with Gasteiger partial charge in [-0.05, 0) is 25.3 Å². The molecule has 0 heterocycles. The van der Waals surface area contributed by atoms with Crippen LogP contribution in [-0.4, -0.2) is 25.3 Å². The predicted molar refractivity (Wildman–Crippen MR) is 69.8 cm³/mol. The lowest BCUT2D eigenvalue weighted by Crippen LogP contribution is -2.43. The molecule has 0 amide bonds. The van der Waals surface area contributed by atoms with Gasteiger partial charge in [-0.1, -0.05) is 46.5 Å². The second-order valence-corrected chi connectivity index (χ2v) is 5.58. The first-order valence-corrected chi connectivity index (χ1v) is 7.03. The van der Waals surface area contributed by atoms with Crippen LogP contribution in [0.4, 0.5) is 0 Å². The molecule has 1 aliphatic rings. The minimum Gasteiger partial charge on any atom is -0.373 e. The monoisotopic (exact) mass is 227 g/mol. The van der Waals surface area contributed by atoms with Gasteiger partial charge >= 0.3 is 0 Å². The molecular weight excluding hydrogens is 198 g/mol. The smallest absolute Gasteiger partial charge is 0.0806 e. The fourth-order valence-corrected chi connectivity index (χ4v) is 2.44. The van der Waals surface area contributed by atoms with E-state index in [-0.39, 0.29) is 5.60 Å². The second kappa shape index (κ2) is 7.29. The zero-order valence-electron chi connectivity index (χ0n) is 11.3. The van der Waals surface area contributed by atoms with Crippen molar-refractivity contribution in [1.82, 2.24) is 5.32 Å². The van der Waals surface area contributed by atoms with Crippen LogP contribution in [-0.2, 0) is 4.74 Å². The Morgan fingerprint density at radius 1 is 1.12 bits per heavy atom. The summed E-state index contributed by atoms with van der Waals surface area (Å²) >= 11 is 0. The molecule has 0 aromatic heterocycles. The Morgan fingerprint density at radius 2 is 1.75 bits per heavy atom. The maximum atomic E-state index is 6.25. The van der Waals surface area contributed by atoms with E-state index in [4.69, 9.17) is 4.74 Å². The Morgan fingerprint density at radius 3 is 2.25 bits per heavy atom. The van der Waals surface area contributed by atoms with Crippen LogP contribution in [0.15, 0.2) is 0 Å². The molecule has 1 saturated carbocycles. The lowest BCUT2D eigenvalue weighted by Gasteiger charge is -2.34. The SMILES string of the molecule is CCNCC1(OCC(C)C)CCCCCC1. The van der Waals surface area contributed by atoms with Gasteiger partial charge in [-0.25, -0.2) is 0 Å². The number of likely N-dealkylation sites (N-methyl/N-ethyl adjacent to an activating group) is 1. The van der Waals surface area contributed by atoms with Gasteiger partial charge in [0, 0.05) is 13.2 Å². The third-order valence-electron chi connectivity index (χ3n) is 3.43. The molecule has 0 aromatic rings. The van der Waals surface area contributed by atoms with Gasteiger partial charge in [-0.2, -0.15) is 0 Å². The van der Waals surface area contributed by atoms with E-state index in [0.717, 1.165) is 19.7 Å². The van der Waals surface area contributed by atoms with E-state index in [1.54, 1.807) is 0 Å². The van der Waals surface area contributed by atoms with Crippen molar-refractivity contribution >= 4 is 0 Å². The number of ether oxygens (including phenoxy) is 1. The minimum absolute atomic E-state index is 0.136. The molecule has 2 nitrogen and oxygen atoms in total. The van der Waals surface area contributed by atoms with E-state index < -0.39 is 0 Å². The molecule has 0 atom stereocenters. The van der Waals surface area contributed by atoms with E-state index in [1.807, 2.05) is 0 Å². The Balaban J connectivity index is 2.50. The zero-order chi connectivity index (χ0) is 11.9. The van der Waals surface area contributed by atoms with Crippen molar-refractivity contribution in [2.75, 3.05) is 19.7 Å². The summed E-state index contributed by atoms with van der Waals surface area (Å²) in [5.41, 5.74) is 0.136. The van der Waals surface area contributed by atoms with Crippen LogP contribution in [0.3, 0.4) is 0 Å². The third kappa shape index (κ3) is 4.84.